The number of nitrogens with zero attached hydrogens (tertiary/aromatic N) is 2. The molecular formula is C16H23N3O4S. The maximum atomic E-state index is 12.3. The summed E-state index contributed by atoms with van der Waals surface area (Å²) in [5.41, 5.74) is 0.766. The first-order valence-electron chi connectivity index (χ1n) is 7.89. The first-order valence-corrected chi connectivity index (χ1v) is 9.04. The minimum atomic E-state index is -0.455. The topological polar surface area (TPSA) is 84.7 Å². The Kier molecular flexibility index (Phi) is 6.86. The summed E-state index contributed by atoms with van der Waals surface area (Å²) >= 11 is 1.48. The number of carbonyl (C=O) groups is 1. The van der Waals surface area contributed by atoms with Crippen LogP contribution < -0.4 is 10.1 Å². The number of hydrogen-bond acceptors (Lipinski definition) is 6. The van der Waals surface area contributed by atoms with E-state index in [2.05, 4.69) is 5.32 Å². The lowest BCUT2D eigenvalue weighted by molar-refractivity contribution is -0.385. The number of thioether (sulfide) groups is 1. The van der Waals surface area contributed by atoms with E-state index in [-0.39, 0.29) is 17.3 Å². The Labute approximate surface area is 145 Å². The summed E-state index contributed by atoms with van der Waals surface area (Å²) in [6, 6.07) is 5.27. The molecule has 2 rings (SSSR count). The van der Waals surface area contributed by atoms with Crippen LogP contribution in [0.1, 0.15) is 18.4 Å². The van der Waals surface area contributed by atoms with Crippen LogP contribution in [0.3, 0.4) is 0 Å². The highest BCUT2D eigenvalue weighted by molar-refractivity contribution is 7.99. The number of piperidine rings is 1. The molecule has 0 aliphatic carbocycles. The van der Waals surface area contributed by atoms with E-state index in [1.807, 2.05) is 11.9 Å². The Morgan fingerprint density at radius 1 is 1.54 bits per heavy atom. The number of amides is 1. The Balaban J connectivity index is 1.86. The number of hydrogen-bond donors (Lipinski definition) is 1. The van der Waals surface area contributed by atoms with Gasteiger partial charge >= 0.3 is 5.69 Å². The molecule has 0 radical (unpaired) electrons. The third kappa shape index (κ3) is 4.85. The van der Waals surface area contributed by atoms with Gasteiger partial charge in [-0.05, 0) is 31.5 Å². The summed E-state index contributed by atoms with van der Waals surface area (Å²) in [5.74, 6) is 1.31. The number of carbonyl (C=O) groups excluding carboxylic acids is 1. The average molecular weight is 353 g/mol. The second kappa shape index (κ2) is 8.89. The van der Waals surface area contributed by atoms with Gasteiger partial charge in [0.2, 0.25) is 5.91 Å². The van der Waals surface area contributed by atoms with E-state index in [9.17, 15) is 14.9 Å². The molecule has 0 aromatic heterocycles. The van der Waals surface area contributed by atoms with Gasteiger partial charge in [-0.15, -0.1) is 11.8 Å². The molecule has 1 aliphatic heterocycles. The standard InChI is InChI=1S/C16H23N3O4S/c1-17-13-4-3-7-18(9-13)16(20)11-24-10-12-5-6-15(23-2)14(8-12)19(21)22/h5-6,8,13,17H,3-4,7,9-11H2,1-2H3. The van der Waals surface area contributed by atoms with Crippen LogP contribution in [0.5, 0.6) is 5.75 Å². The summed E-state index contributed by atoms with van der Waals surface area (Å²) in [4.78, 5) is 24.7. The number of nitrogens with one attached hydrogen (secondary N) is 1. The van der Waals surface area contributed by atoms with Crippen LogP contribution in [0.15, 0.2) is 18.2 Å². The molecule has 1 N–H and O–H groups in total. The van der Waals surface area contributed by atoms with Gasteiger partial charge in [0.05, 0.1) is 17.8 Å². The van der Waals surface area contributed by atoms with Crippen LogP contribution in [-0.2, 0) is 10.5 Å². The third-order valence-corrected chi connectivity index (χ3v) is 5.11. The van der Waals surface area contributed by atoms with Gasteiger partial charge in [-0.25, -0.2) is 0 Å². The highest BCUT2D eigenvalue weighted by Gasteiger charge is 2.22. The molecule has 1 fully saturated rings. The number of rotatable bonds is 7. The Bertz CT molecular complexity index is 597. The van der Waals surface area contributed by atoms with Gasteiger partial charge in [0, 0.05) is 31.0 Å². The van der Waals surface area contributed by atoms with E-state index >= 15 is 0 Å². The maximum absolute atomic E-state index is 12.3. The maximum Gasteiger partial charge on any atom is 0.311 e. The van der Waals surface area contributed by atoms with Gasteiger partial charge in [-0.3, -0.25) is 14.9 Å². The van der Waals surface area contributed by atoms with Crippen molar-refractivity contribution >= 4 is 23.4 Å². The Morgan fingerprint density at radius 3 is 3.00 bits per heavy atom. The number of nitro groups is 1. The zero-order valence-corrected chi connectivity index (χ0v) is 14.8. The van der Waals surface area contributed by atoms with Crippen molar-refractivity contribution in [3.05, 3.63) is 33.9 Å². The fraction of sp³-hybridized carbons (Fsp3) is 0.562. The highest BCUT2D eigenvalue weighted by atomic mass is 32.2. The van der Waals surface area contributed by atoms with Crippen molar-refractivity contribution < 1.29 is 14.5 Å². The largest absolute Gasteiger partial charge is 0.490 e. The molecule has 0 bridgehead atoms. The third-order valence-electron chi connectivity index (χ3n) is 4.12. The lowest BCUT2D eigenvalue weighted by Crippen LogP contribution is -2.47. The highest BCUT2D eigenvalue weighted by Crippen LogP contribution is 2.29. The van der Waals surface area contributed by atoms with Crippen molar-refractivity contribution in [2.24, 2.45) is 0 Å². The minimum absolute atomic E-state index is 0.0465. The molecule has 1 amide bonds. The van der Waals surface area contributed by atoms with Gasteiger partial charge in [0.25, 0.3) is 0 Å². The van der Waals surface area contributed by atoms with Crippen LogP contribution in [0.2, 0.25) is 0 Å². The fourth-order valence-electron chi connectivity index (χ4n) is 2.75. The molecule has 1 saturated heterocycles. The van der Waals surface area contributed by atoms with Crippen molar-refractivity contribution in [1.82, 2.24) is 10.2 Å². The molecule has 8 heteroatoms. The quantitative estimate of drug-likeness (QED) is 0.596. The summed E-state index contributed by atoms with van der Waals surface area (Å²) in [5, 5.41) is 14.3. The monoisotopic (exact) mass is 353 g/mol. The average Bonchev–Trinajstić information content (AvgIpc) is 2.61. The van der Waals surface area contributed by atoms with Gasteiger partial charge in [0.1, 0.15) is 0 Å². The molecule has 1 aromatic rings. The second-order valence-electron chi connectivity index (χ2n) is 5.72. The normalized spacial score (nSPS) is 17.6. The van der Waals surface area contributed by atoms with Gasteiger partial charge in [-0.1, -0.05) is 6.07 Å². The van der Waals surface area contributed by atoms with Crippen LogP contribution >= 0.6 is 11.8 Å². The second-order valence-corrected chi connectivity index (χ2v) is 6.71. The van der Waals surface area contributed by atoms with Crippen LogP contribution in [0.4, 0.5) is 5.69 Å². The lowest BCUT2D eigenvalue weighted by Gasteiger charge is -2.32. The molecule has 1 aromatic carbocycles. The van der Waals surface area contributed by atoms with Crippen molar-refractivity contribution in [3.8, 4) is 5.75 Å². The number of ether oxygens (including phenoxy) is 1. The fourth-order valence-corrected chi connectivity index (χ4v) is 3.63. The van der Waals surface area contributed by atoms with E-state index in [0.29, 0.717) is 17.5 Å². The predicted octanol–water partition coefficient (Wildman–Crippen LogP) is 2.05. The van der Waals surface area contributed by atoms with Crippen LogP contribution in [0.25, 0.3) is 0 Å². The lowest BCUT2D eigenvalue weighted by atomic mass is 10.1. The summed E-state index contributed by atoms with van der Waals surface area (Å²) in [7, 11) is 3.33. The first kappa shape index (κ1) is 18.5. The summed E-state index contributed by atoms with van der Waals surface area (Å²) in [6.07, 6.45) is 2.12. The molecule has 1 heterocycles. The summed E-state index contributed by atoms with van der Waals surface area (Å²) < 4.78 is 4.99. The number of likely N-dealkylation sites (tertiary alicyclic amines) is 1. The van der Waals surface area contributed by atoms with Crippen LogP contribution in [0, 0.1) is 10.1 Å². The molecule has 0 saturated carbocycles. The molecule has 1 unspecified atom stereocenters. The molecule has 1 aliphatic rings. The number of benzene rings is 1. The molecular weight excluding hydrogens is 330 g/mol. The number of likely N-dealkylation sites (N-methyl/N-ethyl adjacent to an activating group) is 1. The molecule has 132 valence electrons. The van der Waals surface area contributed by atoms with Gasteiger partial charge in [-0.2, -0.15) is 0 Å². The van der Waals surface area contributed by atoms with E-state index in [1.165, 1.54) is 24.9 Å². The predicted molar refractivity (Wildman–Crippen MR) is 94.5 cm³/mol. The van der Waals surface area contributed by atoms with Crippen molar-refractivity contribution in [2.45, 2.75) is 24.6 Å². The zero-order valence-electron chi connectivity index (χ0n) is 14.0. The van der Waals surface area contributed by atoms with E-state index < -0.39 is 4.92 Å². The Hall–Kier alpha value is -1.80. The first-order chi connectivity index (χ1) is 11.5. The van der Waals surface area contributed by atoms with Gasteiger partial charge in [0.15, 0.2) is 5.75 Å². The van der Waals surface area contributed by atoms with E-state index in [4.69, 9.17) is 4.74 Å². The van der Waals surface area contributed by atoms with E-state index in [1.54, 1.807) is 12.1 Å². The number of methoxy groups -OCH3 is 1. The summed E-state index contributed by atoms with van der Waals surface area (Å²) in [6.45, 7) is 1.56. The SMILES string of the molecule is CNC1CCCN(C(=O)CSCc2ccc(OC)c([N+](=O)[O-])c2)C1. The number of nitro benzene ring substituents is 1. The van der Waals surface area contributed by atoms with Gasteiger partial charge < -0.3 is 15.0 Å². The van der Waals surface area contributed by atoms with Crippen molar-refractivity contribution in [3.63, 3.8) is 0 Å². The molecule has 0 spiro atoms. The molecule has 24 heavy (non-hydrogen) atoms. The molecule has 7 nitrogen and oxygen atoms in total. The smallest absolute Gasteiger partial charge is 0.311 e. The minimum Gasteiger partial charge on any atom is -0.490 e. The zero-order chi connectivity index (χ0) is 17.5. The van der Waals surface area contributed by atoms with Crippen LogP contribution in [-0.4, -0.2) is 54.8 Å². The van der Waals surface area contributed by atoms with E-state index in [0.717, 1.165) is 31.5 Å². The van der Waals surface area contributed by atoms with Crippen molar-refractivity contribution in [1.29, 1.82) is 0 Å². The Morgan fingerprint density at radius 2 is 2.33 bits per heavy atom. The van der Waals surface area contributed by atoms with Crippen molar-refractivity contribution in [2.75, 3.05) is 33.0 Å². The molecule has 1 atom stereocenters.